The number of aromatic nitrogens is 1. The standard InChI is InChI=1S/C11H6BrCl2NO/c12-7-2-1-3-9(4-7)16-11-10(14)5-8(13)6-15-11/h1-6H. The highest BCUT2D eigenvalue weighted by Gasteiger charge is 2.05. The van der Waals surface area contributed by atoms with Gasteiger partial charge in [0.15, 0.2) is 0 Å². The SMILES string of the molecule is Clc1cnc(Oc2cccc(Br)c2)c(Cl)c1. The van der Waals surface area contributed by atoms with Gasteiger partial charge in [0.25, 0.3) is 0 Å². The maximum atomic E-state index is 5.94. The van der Waals surface area contributed by atoms with E-state index in [-0.39, 0.29) is 0 Å². The lowest BCUT2D eigenvalue weighted by Crippen LogP contribution is -1.88. The van der Waals surface area contributed by atoms with Crippen molar-refractivity contribution in [1.29, 1.82) is 0 Å². The van der Waals surface area contributed by atoms with E-state index < -0.39 is 0 Å². The molecule has 0 radical (unpaired) electrons. The van der Waals surface area contributed by atoms with Crippen LogP contribution in [0.15, 0.2) is 41.0 Å². The van der Waals surface area contributed by atoms with Crippen molar-refractivity contribution >= 4 is 39.1 Å². The van der Waals surface area contributed by atoms with Crippen molar-refractivity contribution in [1.82, 2.24) is 4.98 Å². The molecule has 0 fully saturated rings. The van der Waals surface area contributed by atoms with Gasteiger partial charge in [0.05, 0.1) is 5.02 Å². The predicted molar refractivity (Wildman–Crippen MR) is 68.5 cm³/mol. The Labute approximate surface area is 111 Å². The molecule has 0 saturated heterocycles. The van der Waals surface area contributed by atoms with E-state index in [1.165, 1.54) is 6.20 Å². The Morgan fingerprint density at radius 2 is 2.00 bits per heavy atom. The van der Waals surface area contributed by atoms with Gasteiger partial charge in [-0.2, -0.15) is 0 Å². The normalized spacial score (nSPS) is 10.2. The topological polar surface area (TPSA) is 22.1 Å². The fourth-order valence-corrected chi connectivity index (χ4v) is 1.92. The van der Waals surface area contributed by atoms with Crippen LogP contribution < -0.4 is 4.74 Å². The first-order valence-electron chi connectivity index (χ1n) is 4.39. The minimum Gasteiger partial charge on any atom is -0.438 e. The van der Waals surface area contributed by atoms with Crippen molar-refractivity contribution in [3.8, 4) is 11.6 Å². The van der Waals surface area contributed by atoms with Gasteiger partial charge >= 0.3 is 0 Å². The van der Waals surface area contributed by atoms with Crippen molar-refractivity contribution < 1.29 is 4.74 Å². The molecule has 0 bridgehead atoms. The first-order chi connectivity index (χ1) is 7.65. The lowest BCUT2D eigenvalue weighted by atomic mass is 10.3. The highest BCUT2D eigenvalue weighted by Crippen LogP contribution is 2.29. The van der Waals surface area contributed by atoms with Crippen LogP contribution in [0.25, 0.3) is 0 Å². The van der Waals surface area contributed by atoms with E-state index in [4.69, 9.17) is 27.9 Å². The highest BCUT2D eigenvalue weighted by molar-refractivity contribution is 9.10. The van der Waals surface area contributed by atoms with Gasteiger partial charge in [-0.05, 0) is 24.3 Å². The third-order valence-corrected chi connectivity index (χ3v) is 2.76. The third-order valence-electron chi connectivity index (χ3n) is 1.78. The molecular weight excluding hydrogens is 313 g/mol. The number of pyridine rings is 1. The minimum absolute atomic E-state index is 0.337. The summed E-state index contributed by atoms with van der Waals surface area (Å²) < 4.78 is 6.44. The molecule has 0 amide bonds. The first-order valence-corrected chi connectivity index (χ1v) is 5.94. The number of hydrogen-bond acceptors (Lipinski definition) is 2. The molecule has 0 aliphatic heterocycles. The number of halogens is 3. The number of nitrogens with zero attached hydrogens (tertiary/aromatic N) is 1. The zero-order valence-electron chi connectivity index (χ0n) is 7.95. The molecular formula is C11H6BrCl2NO. The zero-order valence-corrected chi connectivity index (χ0v) is 11.1. The molecule has 0 N–H and O–H groups in total. The quantitative estimate of drug-likeness (QED) is 0.782. The fourth-order valence-electron chi connectivity index (χ4n) is 1.12. The molecule has 2 rings (SSSR count). The number of benzene rings is 1. The van der Waals surface area contributed by atoms with Gasteiger partial charge in [-0.25, -0.2) is 4.98 Å². The van der Waals surface area contributed by atoms with Gasteiger partial charge in [-0.3, -0.25) is 0 Å². The average Bonchev–Trinajstić information content (AvgIpc) is 2.22. The van der Waals surface area contributed by atoms with Crippen LogP contribution in [0.4, 0.5) is 0 Å². The molecule has 0 atom stereocenters. The van der Waals surface area contributed by atoms with E-state index in [0.29, 0.717) is 21.7 Å². The van der Waals surface area contributed by atoms with Crippen molar-refractivity contribution in [3.63, 3.8) is 0 Å². The molecule has 1 aromatic heterocycles. The summed E-state index contributed by atoms with van der Waals surface area (Å²) in [5.41, 5.74) is 0. The van der Waals surface area contributed by atoms with Crippen LogP contribution >= 0.6 is 39.1 Å². The smallest absolute Gasteiger partial charge is 0.238 e. The van der Waals surface area contributed by atoms with Crippen LogP contribution in [0, 0.1) is 0 Å². The van der Waals surface area contributed by atoms with Gasteiger partial charge in [-0.1, -0.05) is 45.2 Å². The lowest BCUT2D eigenvalue weighted by molar-refractivity contribution is 0.463. The van der Waals surface area contributed by atoms with Crippen LogP contribution in [0.5, 0.6) is 11.6 Å². The molecule has 2 aromatic rings. The summed E-state index contributed by atoms with van der Waals surface area (Å²) in [5, 5.41) is 0.860. The first kappa shape index (κ1) is 11.7. The van der Waals surface area contributed by atoms with E-state index in [2.05, 4.69) is 20.9 Å². The maximum Gasteiger partial charge on any atom is 0.238 e. The summed E-state index contributed by atoms with van der Waals surface area (Å²) in [5.74, 6) is 0.996. The fraction of sp³-hybridized carbons (Fsp3) is 0. The summed E-state index contributed by atoms with van der Waals surface area (Å²) in [6.45, 7) is 0. The number of ether oxygens (including phenoxy) is 1. The van der Waals surface area contributed by atoms with E-state index in [1.54, 1.807) is 6.07 Å². The molecule has 1 aromatic carbocycles. The number of hydrogen-bond donors (Lipinski definition) is 0. The molecule has 0 spiro atoms. The summed E-state index contributed by atoms with van der Waals surface area (Å²) in [6, 6.07) is 9.00. The van der Waals surface area contributed by atoms with Gasteiger partial charge in [0.1, 0.15) is 10.8 Å². The second kappa shape index (κ2) is 5.04. The van der Waals surface area contributed by atoms with Gasteiger partial charge in [0, 0.05) is 10.7 Å². The molecule has 16 heavy (non-hydrogen) atoms. The predicted octanol–water partition coefficient (Wildman–Crippen LogP) is 4.94. The van der Waals surface area contributed by atoms with Crippen LogP contribution in [-0.4, -0.2) is 4.98 Å². The van der Waals surface area contributed by atoms with Gasteiger partial charge in [-0.15, -0.1) is 0 Å². The Morgan fingerprint density at radius 3 is 2.69 bits per heavy atom. The molecule has 82 valence electrons. The second-order valence-corrected chi connectivity index (χ2v) is 4.76. The Morgan fingerprint density at radius 1 is 1.19 bits per heavy atom. The van der Waals surface area contributed by atoms with Crippen molar-refractivity contribution in [2.45, 2.75) is 0 Å². The monoisotopic (exact) mass is 317 g/mol. The van der Waals surface area contributed by atoms with Gasteiger partial charge < -0.3 is 4.74 Å². The number of rotatable bonds is 2. The van der Waals surface area contributed by atoms with Crippen molar-refractivity contribution in [2.24, 2.45) is 0 Å². The Kier molecular flexibility index (Phi) is 3.69. The van der Waals surface area contributed by atoms with Crippen LogP contribution in [-0.2, 0) is 0 Å². The molecule has 0 saturated carbocycles. The minimum atomic E-state index is 0.337. The summed E-state index contributed by atoms with van der Waals surface area (Å²) >= 11 is 15.0. The molecule has 5 heteroatoms. The molecule has 0 aliphatic rings. The van der Waals surface area contributed by atoms with E-state index in [0.717, 1.165) is 4.47 Å². The van der Waals surface area contributed by atoms with Crippen LogP contribution in [0.3, 0.4) is 0 Å². The van der Waals surface area contributed by atoms with Crippen molar-refractivity contribution in [2.75, 3.05) is 0 Å². The Balaban J connectivity index is 2.27. The van der Waals surface area contributed by atoms with Crippen LogP contribution in [0.1, 0.15) is 0 Å². The van der Waals surface area contributed by atoms with Gasteiger partial charge in [0.2, 0.25) is 5.88 Å². The summed E-state index contributed by atoms with van der Waals surface area (Å²) in [7, 11) is 0. The lowest BCUT2D eigenvalue weighted by Gasteiger charge is -2.06. The average molecular weight is 319 g/mol. The molecule has 2 nitrogen and oxygen atoms in total. The van der Waals surface area contributed by atoms with E-state index >= 15 is 0 Å². The molecule has 1 heterocycles. The van der Waals surface area contributed by atoms with E-state index in [9.17, 15) is 0 Å². The highest BCUT2D eigenvalue weighted by atomic mass is 79.9. The van der Waals surface area contributed by atoms with E-state index in [1.807, 2.05) is 24.3 Å². The zero-order chi connectivity index (χ0) is 11.5. The molecule has 0 unspecified atom stereocenters. The Hall–Kier alpha value is -0.770. The van der Waals surface area contributed by atoms with Crippen LogP contribution in [0.2, 0.25) is 10.0 Å². The summed E-state index contributed by atoms with van der Waals surface area (Å²) in [6.07, 6.45) is 1.49. The van der Waals surface area contributed by atoms with Crippen molar-refractivity contribution in [3.05, 3.63) is 51.0 Å². The second-order valence-electron chi connectivity index (χ2n) is 3.00. The Bertz CT molecular complexity index is 519. The largest absolute Gasteiger partial charge is 0.438 e. The third kappa shape index (κ3) is 2.88. The molecule has 0 aliphatic carbocycles. The maximum absolute atomic E-state index is 5.94. The summed E-state index contributed by atoms with van der Waals surface area (Å²) in [4.78, 5) is 4.00.